The number of alkyl halides is 1. The molecule has 1 atom stereocenters. The van der Waals surface area contributed by atoms with Crippen molar-refractivity contribution in [1.29, 1.82) is 0 Å². The summed E-state index contributed by atoms with van der Waals surface area (Å²) in [7, 11) is 0. The lowest BCUT2D eigenvalue weighted by Crippen LogP contribution is -2.09. The molecule has 0 saturated heterocycles. The minimum atomic E-state index is -0.282. The molecule has 3 rings (SSSR count). The molecule has 0 saturated carbocycles. The van der Waals surface area contributed by atoms with Crippen molar-refractivity contribution in [2.24, 2.45) is 0 Å². The molecule has 0 aliphatic heterocycles. The van der Waals surface area contributed by atoms with Crippen LogP contribution in [0.2, 0.25) is 0 Å². The Morgan fingerprint density at radius 1 is 1.20 bits per heavy atom. The van der Waals surface area contributed by atoms with Gasteiger partial charge in [-0.05, 0) is 24.6 Å². The maximum Gasteiger partial charge on any atom is 0.125 e. The summed E-state index contributed by atoms with van der Waals surface area (Å²) in [5.74, 6) is 0.771. The molecule has 0 amide bonds. The van der Waals surface area contributed by atoms with Gasteiger partial charge in [0.15, 0.2) is 0 Å². The van der Waals surface area contributed by atoms with Gasteiger partial charge in [-0.1, -0.05) is 30.3 Å². The third-order valence-electron chi connectivity index (χ3n) is 3.51. The van der Waals surface area contributed by atoms with E-state index in [4.69, 9.17) is 11.6 Å². The lowest BCUT2D eigenvalue weighted by molar-refractivity contribution is 0.626. The molecule has 4 heteroatoms. The van der Waals surface area contributed by atoms with Gasteiger partial charge in [-0.2, -0.15) is 0 Å². The van der Waals surface area contributed by atoms with Gasteiger partial charge >= 0.3 is 0 Å². The first-order chi connectivity index (χ1) is 9.70. The van der Waals surface area contributed by atoms with E-state index in [1.54, 1.807) is 6.07 Å². The van der Waals surface area contributed by atoms with Gasteiger partial charge in [-0.15, -0.1) is 11.6 Å². The number of fused-ring (bicyclic) bond motifs is 1. The van der Waals surface area contributed by atoms with Crippen LogP contribution in [0.25, 0.3) is 11.0 Å². The van der Waals surface area contributed by atoms with Crippen molar-refractivity contribution in [2.45, 2.75) is 18.8 Å². The van der Waals surface area contributed by atoms with E-state index in [1.807, 2.05) is 18.2 Å². The summed E-state index contributed by atoms with van der Waals surface area (Å²) in [5.41, 5.74) is 2.71. The van der Waals surface area contributed by atoms with Gasteiger partial charge in [0.05, 0.1) is 23.0 Å². The molecule has 0 aliphatic rings. The Bertz CT molecular complexity index is 737. The van der Waals surface area contributed by atoms with Crippen LogP contribution in [0.5, 0.6) is 0 Å². The molecule has 2 aromatic carbocycles. The smallest absolute Gasteiger partial charge is 0.125 e. The Kier molecular flexibility index (Phi) is 3.45. The Labute approximate surface area is 121 Å². The third kappa shape index (κ3) is 2.18. The average Bonchev–Trinajstić information content (AvgIpc) is 2.84. The van der Waals surface area contributed by atoms with E-state index in [-0.39, 0.29) is 11.9 Å². The monoisotopic (exact) mass is 288 g/mol. The van der Waals surface area contributed by atoms with Gasteiger partial charge in [-0.25, -0.2) is 9.37 Å². The molecule has 0 radical (unpaired) electrons. The van der Waals surface area contributed by atoms with Crippen LogP contribution in [0, 0.1) is 5.82 Å². The van der Waals surface area contributed by atoms with Crippen LogP contribution in [-0.2, 0) is 5.88 Å². The predicted molar refractivity (Wildman–Crippen MR) is 79.5 cm³/mol. The predicted octanol–water partition coefficient (Wildman–Crippen LogP) is 4.52. The number of aromatic nitrogens is 2. The Morgan fingerprint density at radius 2 is 1.95 bits per heavy atom. The molecular weight excluding hydrogens is 275 g/mol. The average molecular weight is 289 g/mol. The van der Waals surface area contributed by atoms with Crippen LogP contribution >= 0.6 is 11.6 Å². The summed E-state index contributed by atoms with van der Waals surface area (Å²) < 4.78 is 15.4. The SMILES string of the molecule is CC(c1ccccc1)n1c(CCl)nc2cc(F)ccc21. The molecule has 1 heterocycles. The summed E-state index contributed by atoms with van der Waals surface area (Å²) >= 11 is 6.00. The highest BCUT2D eigenvalue weighted by atomic mass is 35.5. The fourth-order valence-corrected chi connectivity index (χ4v) is 2.72. The molecule has 102 valence electrons. The lowest BCUT2D eigenvalue weighted by Gasteiger charge is -2.17. The number of nitrogens with zero attached hydrogens (tertiary/aromatic N) is 2. The number of imidazole rings is 1. The van der Waals surface area contributed by atoms with Crippen LogP contribution in [0.4, 0.5) is 4.39 Å². The van der Waals surface area contributed by atoms with Crippen LogP contribution in [0.15, 0.2) is 48.5 Å². The Balaban J connectivity index is 2.19. The number of halogens is 2. The molecule has 3 aromatic rings. The molecule has 0 aliphatic carbocycles. The first-order valence-electron chi connectivity index (χ1n) is 6.48. The Morgan fingerprint density at radius 3 is 2.65 bits per heavy atom. The van der Waals surface area contributed by atoms with E-state index in [0.717, 1.165) is 11.3 Å². The topological polar surface area (TPSA) is 17.8 Å². The molecule has 0 N–H and O–H groups in total. The zero-order chi connectivity index (χ0) is 14.1. The second kappa shape index (κ2) is 5.25. The molecule has 0 bridgehead atoms. The minimum absolute atomic E-state index is 0.0976. The summed E-state index contributed by atoms with van der Waals surface area (Å²) in [4.78, 5) is 4.43. The van der Waals surface area contributed by atoms with Crippen LogP contribution in [0.3, 0.4) is 0 Å². The van der Waals surface area contributed by atoms with Crippen molar-refractivity contribution >= 4 is 22.6 Å². The quantitative estimate of drug-likeness (QED) is 0.648. The first kappa shape index (κ1) is 13.1. The van der Waals surface area contributed by atoms with E-state index in [2.05, 4.69) is 28.6 Å². The number of benzene rings is 2. The van der Waals surface area contributed by atoms with Gasteiger partial charge in [0, 0.05) is 6.07 Å². The summed E-state index contributed by atoms with van der Waals surface area (Å²) in [6.45, 7) is 2.09. The van der Waals surface area contributed by atoms with E-state index < -0.39 is 0 Å². The number of hydrogen-bond donors (Lipinski definition) is 0. The van der Waals surface area contributed by atoms with Crippen molar-refractivity contribution < 1.29 is 4.39 Å². The van der Waals surface area contributed by atoms with Crippen molar-refractivity contribution in [1.82, 2.24) is 9.55 Å². The molecular formula is C16H14ClFN2. The summed E-state index contributed by atoms with van der Waals surface area (Å²) in [5, 5.41) is 0. The van der Waals surface area contributed by atoms with E-state index in [1.165, 1.54) is 17.7 Å². The van der Waals surface area contributed by atoms with E-state index >= 15 is 0 Å². The second-order valence-electron chi connectivity index (χ2n) is 4.75. The minimum Gasteiger partial charge on any atom is -0.320 e. The molecule has 1 aromatic heterocycles. The van der Waals surface area contributed by atoms with Gasteiger partial charge in [0.1, 0.15) is 11.6 Å². The van der Waals surface area contributed by atoms with E-state index in [9.17, 15) is 4.39 Å². The van der Waals surface area contributed by atoms with E-state index in [0.29, 0.717) is 11.4 Å². The van der Waals surface area contributed by atoms with Crippen LogP contribution in [0.1, 0.15) is 24.4 Å². The fraction of sp³-hybridized carbons (Fsp3) is 0.188. The second-order valence-corrected chi connectivity index (χ2v) is 5.02. The third-order valence-corrected chi connectivity index (χ3v) is 3.75. The van der Waals surface area contributed by atoms with Gasteiger partial charge in [-0.3, -0.25) is 0 Å². The summed E-state index contributed by atoms with van der Waals surface area (Å²) in [6, 6.07) is 14.9. The molecule has 1 unspecified atom stereocenters. The standard InChI is InChI=1S/C16H14ClFN2/c1-11(12-5-3-2-4-6-12)20-15-8-7-13(18)9-14(15)19-16(20)10-17/h2-9,11H,10H2,1H3. The van der Waals surface area contributed by atoms with Gasteiger partial charge < -0.3 is 4.57 Å². The highest BCUT2D eigenvalue weighted by molar-refractivity contribution is 6.16. The fourth-order valence-electron chi connectivity index (χ4n) is 2.53. The highest BCUT2D eigenvalue weighted by Crippen LogP contribution is 2.27. The van der Waals surface area contributed by atoms with Crippen molar-refractivity contribution in [3.63, 3.8) is 0 Å². The van der Waals surface area contributed by atoms with Crippen molar-refractivity contribution in [3.8, 4) is 0 Å². The Hall–Kier alpha value is -1.87. The van der Waals surface area contributed by atoms with Crippen molar-refractivity contribution in [3.05, 3.63) is 65.7 Å². The molecule has 20 heavy (non-hydrogen) atoms. The normalized spacial score (nSPS) is 12.8. The number of rotatable bonds is 3. The van der Waals surface area contributed by atoms with Crippen LogP contribution in [-0.4, -0.2) is 9.55 Å². The highest BCUT2D eigenvalue weighted by Gasteiger charge is 2.16. The zero-order valence-electron chi connectivity index (χ0n) is 11.1. The first-order valence-corrected chi connectivity index (χ1v) is 7.01. The lowest BCUT2D eigenvalue weighted by atomic mass is 10.1. The maximum absolute atomic E-state index is 13.3. The number of hydrogen-bond acceptors (Lipinski definition) is 1. The molecule has 0 spiro atoms. The van der Waals surface area contributed by atoms with Crippen molar-refractivity contribution in [2.75, 3.05) is 0 Å². The maximum atomic E-state index is 13.3. The van der Waals surface area contributed by atoms with Gasteiger partial charge in [0.2, 0.25) is 0 Å². The molecule has 2 nitrogen and oxygen atoms in total. The zero-order valence-corrected chi connectivity index (χ0v) is 11.8. The van der Waals surface area contributed by atoms with Gasteiger partial charge in [0.25, 0.3) is 0 Å². The van der Waals surface area contributed by atoms with Crippen LogP contribution < -0.4 is 0 Å². The summed E-state index contributed by atoms with van der Waals surface area (Å²) in [6.07, 6.45) is 0. The molecule has 0 fully saturated rings. The largest absolute Gasteiger partial charge is 0.320 e.